The van der Waals surface area contributed by atoms with Crippen LogP contribution in [0.5, 0.6) is 11.5 Å². The van der Waals surface area contributed by atoms with Crippen molar-refractivity contribution < 1.29 is 19.1 Å². The molecule has 0 unspecified atom stereocenters. The highest BCUT2D eigenvalue weighted by Crippen LogP contribution is 2.27. The second kappa shape index (κ2) is 10.5. The Morgan fingerprint density at radius 2 is 1.63 bits per heavy atom. The Kier molecular flexibility index (Phi) is 7.54. The van der Waals surface area contributed by atoms with Crippen molar-refractivity contribution in [2.45, 2.75) is 25.8 Å². The number of urea groups is 1. The van der Waals surface area contributed by atoms with E-state index in [0.29, 0.717) is 49.2 Å². The lowest BCUT2D eigenvalue weighted by Crippen LogP contribution is -2.41. The highest BCUT2D eigenvalue weighted by Gasteiger charge is 2.24. The van der Waals surface area contributed by atoms with Crippen molar-refractivity contribution in [1.82, 2.24) is 10.2 Å². The molecule has 0 spiro atoms. The summed E-state index contributed by atoms with van der Waals surface area (Å²) in [6.45, 7) is 1.80. The Labute approximate surface area is 177 Å². The van der Waals surface area contributed by atoms with Crippen LogP contribution in [0, 0.1) is 5.92 Å². The van der Waals surface area contributed by atoms with E-state index in [2.05, 4.69) is 10.6 Å². The molecule has 2 aromatic rings. The standard InChI is InChI=1S/C23H29N3O4/c1-29-20-13-19(14-21(15-20)30-2)25-23(28)26-10-8-17(9-11-26)12-22(27)24-16-18-6-4-3-5-7-18/h3-7,13-15,17H,8-12,16H2,1-2H3,(H,24,27)(H,25,28). The predicted molar refractivity (Wildman–Crippen MR) is 116 cm³/mol. The topological polar surface area (TPSA) is 79.9 Å². The molecule has 3 rings (SSSR count). The second-order valence-electron chi connectivity index (χ2n) is 7.43. The minimum atomic E-state index is -0.155. The fourth-order valence-electron chi connectivity index (χ4n) is 3.55. The maximum Gasteiger partial charge on any atom is 0.321 e. The normalized spacial score (nSPS) is 14.1. The van der Waals surface area contributed by atoms with Gasteiger partial charge in [-0.3, -0.25) is 4.79 Å². The number of benzene rings is 2. The van der Waals surface area contributed by atoms with Gasteiger partial charge in [-0.2, -0.15) is 0 Å². The minimum absolute atomic E-state index is 0.0604. The first-order chi connectivity index (χ1) is 14.6. The van der Waals surface area contributed by atoms with E-state index >= 15 is 0 Å². The summed E-state index contributed by atoms with van der Waals surface area (Å²) in [7, 11) is 3.14. The van der Waals surface area contributed by atoms with Crippen molar-refractivity contribution >= 4 is 17.6 Å². The van der Waals surface area contributed by atoms with E-state index in [-0.39, 0.29) is 11.9 Å². The Morgan fingerprint density at radius 1 is 1.00 bits per heavy atom. The Bertz CT molecular complexity index is 827. The zero-order valence-corrected chi connectivity index (χ0v) is 17.5. The molecule has 0 saturated carbocycles. The molecule has 30 heavy (non-hydrogen) atoms. The minimum Gasteiger partial charge on any atom is -0.497 e. The summed E-state index contributed by atoms with van der Waals surface area (Å²) >= 11 is 0. The van der Waals surface area contributed by atoms with E-state index in [1.807, 2.05) is 30.3 Å². The molecule has 0 atom stereocenters. The number of carbonyl (C=O) groups excluding carboxylic acids is 2. The number of nitrogens with one attached hydrogen (secondary N) is 2. The SMILES string of the molecule is COc1cc(NC(=O)N2CCC(CC(=O)NCc3ccccc3)CC2)cc(OC)c1. The average Bonchev–Trinajstić information content (AvgIpc) is 2.78. The molecular weight excluding hydrogens is 382 g/mol. The number of ether oxygens (including phenoxy) is 2. The number of hydrogen-bond donors (Lipinski definition) is 2. The zero-order chi connectivity index (χ0) is 21.3. The van der Waals surface area contributed by atoms with E-state index in [1.54, 1.807) is 37.3 Å². The van der Waals surface area contributed by atoms with Crippen LogP contribution in [0.25, 0.3) is 0 Å². The summed E-state index contributed by atoms with van der Waals surface area (Å²) < 4.78 is 10.5. The molecule has 1 fully saturated rings. The average molecular weight is 412 g/mol. The van der Waals surface area contributed by atoms with Gasteiger partial charge in [-0.25, -0.2) is 4.79 Å². The van der Waals surface area contributed by atoms with E-state index in [0.717, 1.165) is 18.4 Å². The van der Waals surface area contributed by atoms with Gasteiger partial charge in [0, 0.05) is 49.9 Å². The van der Waals surface area contributed by atoms with E-state index in [9.17, 15) is 9.59 Å². The molecule has 7 nitrogen and oxygen atoms in total. The molecule has 2 N–H and O–H groups in total. The number of rotatable bonds is 7. The van der Waals surface area contributed by atoms with Crippen LogP contribution in [0.15, 0.2) is 48.5 Å². The third-order valence-electron chi connectivity index (χ3n) is 5.31. The number of piperidine rings is 1. The van der Waals surface area contributed by atoms with Crippen LogP contribution in [0.2, 0.25) is 0 Å². The highest BCUT2D eigenvalue weighted by atomic mass is 16.5. The van der Waals surface area contributed by atoms with Crippen LogP contribution >= 0.6 is 0 Å². The van der Waals surface area contributed by atoms with Crippen LogP contribution in [0.4, 0.5) is 10.5 Å². The largest absolute Gasteiger partial charge is 0.497 e. The quantitative estimate of drug-likeness (QED) is 0.729. The molecular formula is C23H29N3O4. The van der Waals surface area contributed by atoms with E-state index in [1.165, 1.54) is 0 Å². The molecule has 2 aromatic carbocycles. The van der Waals surface area contributed by atoms with Crippen LogP contribution < -0.4 is 20.1 Å². The van der Waals surface area contributed by atoms with Crippen molar-refractivity contribution in [2.75, 3.05) is 32.6 Å². The number of methoxy groups -OCH3 is 2. The molecule has 0 bridgehead atoms. The van der Waals surface area contributed by atoms with Gasteiger partial charge in [-0.15, -0.1) is 0 Å². The lowest BCUT2D eigenvalue weighted by Gasteiger charge is -2.31. The lowest BCUT2D eigenvalue weighted by molar-refractivity contribution is -0.122. The van der Waals surface area contributed by atoms with Crippen LogP contribution in [0.1, 0.15) is 24.8 Å². The summed E-state index contributed by atoms with van der Waals surface area (Å²) in [6, 6.07) is 15.0. The van der Waals surface area contributed by atoms with Gasteiger partial charge >= 0.3 is 6.03 Å². The Balaban J connectivity index is 1.43. The van der Waals surface area contributed by atoms with Gasteiger partial charge < -0.3 is 25.0 Å². The first-order valence-corrected chi connectivity index (χ1v) is 10.2. The van der Waals surface area contributed by atoms with Gasteiger partial charge in [0.1, 0.15) is 11.5 Å². The predicted octanol–water partition coefficient (Wildman–Crippen LogP) is 3.65. The van der Waals surface area contributed by atoms with Gasteiger partial charge in [0.05, 0.1) is 14.2 Å². The summed E-state index contributed by atoms with van der Waals surface area (Å²) in [6.07, 6.45) is 2.12. The second-order valence-corrected chi connectivity index (χ2v) is 7.43. The lowest BCUT2D eigenvalue weighted by atomic mass is 9.93. The van der Waals surface area contributed by atoms with Crippen molar-refractivity contribution in [3.05, 3.63) is 54.1 Å². The molecule has 1 aliphatic rings. The van der Waals surface area contributed by atoms with Gasteiger partial charge in [-0.05, 0) is 24.3 Å². The molecule has 1 saturated heterocycles. The highest BCUT2D eigenvalue weighted by molar-refractivity contribution is 5.90. The number of likely N-dealkylation sites (tertiary alicyclic amines) is 1. The van der Waals surface area contributed by atoms with Gasteiger partial charge in [-0.1, -0.05) is 30.3 Å². The number of carbonyl (C=O) groups is 2. The number of nitrogens with zero attached hydrogens (tertiary/aromatic N) is 1. The van der Waals surface area contributed by atoms with Gasteiger partial charge in [0.2, 0.25) is 5.91 Å². The maximum absolute atomic E-state index is 12.6. The Morgan fingerprint density at radius 3 is 2.23 bits per heavy atom. The van der Waals surface area contributed by atoms with Crippen LogP contribution in [-0.4, -0.2) is 44.1 Å². The monoisotopic (exact) mass is 411 g/mol. The van der Waals surface area contributed by atoms with Gasteiger partial charge in [0.15, 0.2) is 0 Å². The molecule has 7 heteroatoms. The van der Waals surface area contributed by atoms with Gasteiger partial charge in [0.25, 0.3) is 0 Å². The third kappa shape index (κ3) is 6.14. The van der Waals surface area contributed by atoms with Crippen molar-refractivity contribution in [2.24, 2.45) is 5.92 Å². The fraction of sp³-hybridized carbons (Fsp3) is 0.391. The first kappa shape index (κ1) is 21.5. The molecule has 0 aromatic heterocycles. The molecule has 160 valence electrons. The van der Waals surface area contributed by atoms with E-state index < -0.39 is 0 Å². The summed E-state index contributed by atoms with van der Waals surface area (Å²) in [5, 5.41) is 5.88. The molecule has 1 heterocycles. The van der Waals surface area contributed by atoms with E-state index in [4.69, 9.17) is 9.47 Å². The van der Waals surface area contributed by atoms with Crippen LogP contribution in [-0.2, 0) is 11.3 Å². The molecule has 1 aliphatic heterocycles. The molecule has 3 amide bonds. The fourth-order valence-corrected chi connectivity index (χ4v) is 3.55. The van der Waals surface area contributed by atoms with Crippen molar-refractivity contribution in [3.63, 3.8) is 0 Å². The Hall–Kier alpha value is -3.22. The zero-order valence-electron chi connectivity index (χ0n) is 17.5. The smallest absolute Gasteiger partial charge is 0.321 e. The third-order valence-corrected chi connectivity index (χ3v) is 5.31. The number of amides is 3. The summed E-state index contributed by atoms with van der Waals surface area (Å²) in [5.74, 6) is 1.58. The summed E-state index contributed by atoms with van der Waals surface area (Å²) in [4.78, 5) is 26.6. The van der Waals surface area contributed by atoms with Crippen LogP contribution in [0.3, 0.4) is 0 Å². The first-order valence-electron chi connectivity index (χ1n) is 10.2. The maximum atomic E-state index is 12.6. The summed E-state index contributed by atoms with van der Waals surface area (Å²) in [5.41, 5.74) is 1.71. The molecule has 0 aliphatic carbocycles. The number of anilines is 1. The van der Waals surface area contributed by atoms with Crippen molar-refractivity contribution in [3.8, 4) is 11.5 Å². The molecule has 0 radical (unpaired) electrons. The number of hydrogen-bond acceptors (Lipinski definition) is 4. The van der Waals surface area contributed by atoms with Crippen molar-refractivity contribution in [1.29, 1.82) is 0 Å².